The molecule has 1 fully saturated rings. The van der Waals surface area contributed by atoms with Gasteiger partial charge in [-0.1, -0.05) is 42.5 Å². The van der Waals surface area contributed by atoms with Gasteiger partial charge in [0, 0.05) is 42.0 Å². The van der Waals surface area contributed by atoms with Gasteiger partial charge < -0.3 is 20.1 Å². The molecule has 34 heavy (non-hydrogen) atoms. The van der Waals surface area contributed by atoms with E-state index in [0.717, 1.165) is 41.7 Å². The van der Waals surface area contributed by atoms with Gasteiger partial charge in [-0.3, -0.25) is 4.98 Å². The van der Waals surface area contributed by atoms with Crippen molar-refractivity contribution in [3.8, 4) is 5.69 Å². The van der Waals surface area contributed by atoms with Gasteiger partial charge in [-0.15, -0.1) is 0 Å². The third kappa shape index (κ3) is 4.54. The van der Waals surface area contributed by atoms with Gasteiger partial charge in [-0.2, -0.15) is 0 Å². The Morgan fingerprint density at radius 1 is 0.912 bits per heavy atom. The summed E-state index contributed by atoms with van der Waals surface area (Å²) in [6, 6.07) is 31.4. The van der Waals surface area contributed by atoms with Crippen LogP contribution in [-0.4, -0.2) is 32.7 Å². The maximum absolute atomic E-state index is 5.86. The second kappa shape index (κ2) is 10.1. The molecule has 1 aliphatic rings. The number of hydrogen-bond acceptors (Lipinski definition) is 3. The molecular weight excluding hydrogens is 438 g/mol. The van der Waals surface area contributed by atoms with Crippen LogP contribution in [0.3, 0.4) is 0 Å². The minimum atomic E-state index is -0.0208. The van der Waals surface area contributed by atoms with E-state index in [2.05, 4.69) is 105 Å². The van der Waals surface area contributed by atoms with Crippen molar-refractivity contribution in [3.63, 3.8) is 0 Å². The fourth-order valence-corrected chi connectivity index (χ4v) is 5.06. The molecule has 5 rings (SSSR count). The average molecular weight is 468 g/mol. The maximum atomic E-state index is 5.86. The number of thiocarbonyl (C=S) groups is 1. The summed E-state index contributed by atoms with van der Waals surface area (Å²) in [5, 5.41) is 7.87. The van der Waals surface area contributed by atoms with Gasteiger partial charge in [0.25, 0.3) is 0 Å². The molecule has 172 valence electrons. The SMILES string of the molecule is Cc1ccc([C@@H]2[C@@H](c3ccccn3)NC(=S)N2CCCNc2ccccc2)n1-c1ccccc1. The van der Waals surface area contributed by atoms with Gasteiger partial charge in [0.05, 0.1) is 17.8 Å². The largest absolute Gasteiger partial charge is 0.385 e. The van der Waals surface area contributed by atoms with Crippen LogP contribution in [0.15, 0.2) is 97.2 Å². The number of pyridine rings is 1. The molecule has 2 aromatic carbocycles. The Morgan fingerprint density at radius 2 is 1.65 bits per heavy atom. The summed E-state index contributed by atoms with van der Waals surface area (Å²) >= 11 is 5.86. The lowest BCUT2D eigenvalue weighted by molar-refractivity contribution is 0.307. The third-order valence-electron chi connectivity index (χ3n) is 6.30. The molecule has 2 atom stereocenters. The van der Waals surface area contributed by atoms with Gasteiger partial charge in [0.15, 0.2) is 5.11 Å². The first-order valence-electron chi connectivity index (χ1n) is 11.7. The van der Waals surface area contributed by atoms with Crippen LogP contribution in [0.4, 0.5) is 5.69 Å². The van der Waals surface area contributed by atoms with E-state index in [1.165, 1.54) is 11.4 Å². The molecular formula is C28H29N5S. The maximum Gasteiger partial charge on any atom is 0.170 e. The van der Waals surface area contributed by atoms with E-state index in [4.69, 9.17) is 12.2 Å². The highest BCUT2D eigenvalue weighted by molar-refractivity contribution is 7.80. The first-order valence-corrected chi connectivity index (χ1v) is 12.1. The Morgan fingerprint density at radius 3 is 2.38 bits per heavy atom. The number of nitrogens with zero attached hydrogens (tertiary/aromatic N) is 3. The van der Waals surface area contributed by atoms with Crippen molar-refractivity contribution < 1.29 is 0 Å². The molecule has 2 aromatic heterocycles. The van der Waals surface area contributed by atoms with E-state index in [1.807, 2.05) is 24.4 Å². The number of nitrogens with one attached hydrogen (secondary N) is 2. The van der Waals surface area contributed by atoms with E-state index in [-0.39, 0.29) is 12.1 Å². The predicted molar refractivity (Wildman–Crippen MR) is 142 cm³/mol. The van der Waals surface area contributed by atoms with Crippen molar-refractivity contribution in [2.75, 3.05) is 18.4 Å². The Kier molecular flexibility index (Phi) is 6.58. The monoisotopic (exact) mass is 467 g/mol. The third-order valence-corrected chi connectivity index (χ3v) is 6.65. The Hall–Kier alpha value is -3.64. The molecule has 3 heterocycles. The highest BCUT2D eigenvalue weighted by atomic mass is 32.1. The van der Waals surface area contributed by atoms with E-state index in [0.29, 0.717) is 0 Å². The average Bonchev–Trinajstić information content (AvgIpc) is 3.42. The van der Waals surface area contributed by atoms with Gasteiger partial charge in [-0.05, 0) is 74.1 Å². The topological polar surface area (TPSA) is 45.1 Å². The highest BCUT2D eigenvalue weighted by Gasteiger charge is 2.41. The van der Waals surface area contributed by atoms with Crippen LogP contribution in [-0.2, 0) is 0 Å². The van der Waals surface area contributed by atoms with Crippen LogP contribution < -0.4 is 10.6 Å². The van der Waals surface area contributed by atoms with E-state index < -0.39 is 0 Å². The number of aryl methyl sites for hydroxylation is 1. The van der Waals surface area contributed by atoms with Gasteiger partial charge in [-0.25, -0.2) is 0 Å². The number of hydrogen-bond donors (Lipinski definition) is 2. The number of benzene rings is 2. The number of anilines is 1. The van der Waals surface area contributed by atoms with Crippen LogP contribution in [0, 0.1) is 6.92 Å². The molecule has 0 saturated carbocycles. The normalized spacial score (nSPS) is 17.6. The van der Waals surface area contributed by atoms with Crippen LogP contribution in [0.5, 0.6) is 0 Å². The van der Waals surface area contributed by atoms with Crippen molar-refractivity contribution in [1.82, 2.24) is 19.8 Å². The molecule has 1 aliphatic heterocycles. The minimum Gasteiger partial charge on any atom is -0.385 e. The second-order valence-corrected chi connectivity index (χ2v) is 8.92. The quantitative estimate of drug-likeness (QED) is 0.259. The van der Waals surface area contributed by atoms with Crippen LogP contribution >= 0.6 is 12.2 Å². The van der Waals surface area contributed by atoms with Crippen LogP contribution in [0.2, 0.25) is 0 Å². The van der Waals surface area contributed by atoms with Crippen LogP contribution in [0.1, 0.15) is 35.6 Å². The van der Waals surface area contributed by atoms with Crippen molar-refractivity contribution in [2.45, 2.75) is 25.4 Å². The van der Waals surface area contributed by atoms with E-state index >= 15 is 0 Å². The van der Waals surface area contributed by atoms with Gasteiger partial charge in [0.1, 0.15) is 0 Å². The molecule has 0 unspecified atom stereocenters. The van der Waals surface area contributed by atoms with E-state index in [9.17, 15) is 0 Å². The Labute approximate surface area is 206 Å². The highest BCUT2D eigenvalue weighted by Crippen LogP contribution is 2.40. The first-order chi connectivity index (χ1) is 16.7. The number of para-hydroxylation sites is 2. The summed E-state index contributed by atoms with van der Waals surface area (Å²) in [6.07, 6.45) is 2.82. The van der Waals surface area contributed by atoms with Gasteiger partial charge in [0.2, 0.25) is 0 Å². The fraction of sp³-hybridized carbons (Fsp3) is 0.214. The molecule has 0 aliphatic carbocycles. The standard InChI is InChI=1S/C28H29N5S/c1-21-16-17-25(33(21)23-13-6-3-7-14-23)27-26(24-15-8-9-18-30-24)31-28(34)32(27)20-10-19-29-22-11-4-2-5-12-22/h2-9,11-18,26-27,29H,10,19-20H2,1H3,(H,31,34)/t26-,27-/m1/s1. The van der Waals surface area contributed by atoms with Crippen LogP contribution in [0.25, 0.3) is 5.69 Å². The fourth-order valence-electron chi connectivity index (χ4n) is 4.73. The smallest absolute Gasteiger partial charge is 0.170 e. The lowest BCUT2D eigenvalue weighted by atomic mass is 10.0. The van der Waals surface area contributed by atoms with Crippen molar-refractivity contribution in [2.24, 2.45) is 0 Å². The minimum absolute atomic E-state index is 0.0208. The summed E-state index contributed by atoms with van der Waals surface area (Å²) < 4.78 is 2.34. The zero-order valence-electron chi connectivity index (χ0n) is 19.3. The molecule has 0 bridgehead atoms. The predicted octanol–water partition coefficient (Wildman–Crippen LogP) is 5.66. The second-order valence-electron chi connectivity index (χ2n) is 8.54. The molecule has 4 aromatic rings. The Bertz CT molecular complexity index is 1220. The summed E-state index contributed by atoms with van der Waals surface area (Å²) in [4.78, 5) is 7.01. The first kappa shape index (κ1) is 22.2. The number of rotatable bonds is 8. The zero-order chi connectivity index (χ0) is 23.3. The lowest BCUT2D eigenvalue weighted by Crippen LogP contribution is -2.32. The molecule has 0 radical (unpaired) electrons. The van der Waals surface area contributed by atoms with E-state index in [1.54, 1.807) is 0 Å². The molecule has 5 nitrogen and oxygen atoms in total. The molecule has 0 amide bonds. The van der Waals surface area contributed by atoms with Gasteiger partial charge >= 0.3 is 0 Å². The summed E-state index contributed by atoms with van der Waals surface area (Å²) in [6.45, 7) is 3.88. The zero-order valence-corrected chi connectivity index (χ0v) is 20.1. The number of aromatic nitrogens is 2. The van der Waals surface area contributed by atoms with Crippen molar-refractivity contribution in [3.05, 3.63) is 114 Å². The van der Waals surface area contributed by atoms with Crippen molar-refractivity contribution in [1.29, 1.82) is 0 Å². The molecule has 6 heteroatoms. The summed E-state index contributed by atoms with van der Waals surface area (Å²) in [5.74, 6) is 0. The van der Waals surface area contributed by atoms with Crippen molar-refractivity contribution >= 4 is 23.0 Å². The molecule has 2 N–H and O–H groups in total. The summed E-state index contributed by atoms with van der Waals surface area (Å²) in [7, 11) is 0. The summed E-state index contributed by atoms with van der Waals surface area (Å²) in [5.41, 5.74) is 5.70. The molecule has 0 spiro atoms. The Balaban J connectivity index is 1.45. The lowest BCUT2D eigenvalue weighted by Gasteiger charge is -2.29. The molecule has 1 saturated heterocycles.